The lowest BCUT2D eigenvalue weighted by Crippen LogP contribution is -2.14. The van der Waals surface area contributed by atoms with E-state index in [1.54, 1.807) is 55.8 Å². The molecule has 2 heterocycles. The van der Waals surface area contributed by atoms with Crippen molar-refractivity contribution < 1.29 is 14.1 Å². The van der Waals surface area contributed by atoms with Crippen LogP contribution in [0.5, 0.6) is 5.75 Å². The predicted molar refractivity (Wildman–Crippen MR) is 85.1 cm³/mol. The topological polar surface area (TPSA) is 103 Å². The highest BCUT2D eigenvalue weighted by atomic mass is 16.5. The third-order valence-corrected chi connectivity index (χ3v) is 3.18. The van der Waals surface area contributed by atoms with Gasteiger partial charge in [-0.15, -0.1) is 0 Å². The van der Waals surface area contributed by atoms with Gasteiger partial charge in [0.2, 0.25) is 5.88 Å². The third kappa shape index (κ3) is 2.98. The van der Waals surface area contributed by atoms with Crippen LogP contribution in [-0.4, -0.2) is 23.2 Å². The number of carbonyl (C=O) groups is 1. The molecule has 116 valence electrons. The fourth-order valence-corrected chi connectivity index (χ4v) is 2.09. The second kappa shape index (κ2) is 6.18. The number of nitrogens with zero attached hydrogens (tertiary/aromatic N) is 2. The number of carbonyl (C=O) groups excluding carboxylic acids is 1. The minimum Gasteiger partial charge on any atom is -0.497 e. The highest BCUT2D eigenvalue weighted by molar-refractivity contribution is 6.10. The Morgan fingerprint density at radius 1 is 1.26 bits per heavy atom. The summed E-state index contributed by atoms with van der Waals surface area (Å²) >= 11 is 0. The molecule has 0 aliphatic rings. The van der Waals surface area contributed by atoms with Gasteiger partial charge in [-0.25, -0.2) is 0 Å². The first-order valence-electron chi connectivity index (χ1n) is 6.81. The quantitative estimate of drug-likeness (QED) is 0.767. The maximum absolute atomic E-state index is 12.5. The minimum atomic E-state index is -0.433. The van der Waals surface area contributed by atoms with Crippen molar-refractivity contribution in [3.63, 3.8) is 0 Å². The van der Waals surface area contributed by atoms with Crippen molar-refractivity contribution in [2.24, 2.45) is 0 Å². The molecule has 3 N–H and O–H groups in total. The zero-order valence-corrected chi connectivity index (χ0v) is 12.3. The van der Waals surface area contributed by atoms with Gasteiger partial charge in [0.15, 0.2) is 0 Å². The van der Waals surface area contributed by atoms with E-state index in [1.165, 1.54) is 0 Å². The molecule has 23 heavy (non-hydrogen) atoms. The van der Waals surface area contributed by atoms with Crippen LogP contribution in [0.2, 0.25) is 0 Å². The van der Waals surface area contributed by atoms with E-state index in [2.05, 4.69) is 15.5 Å². The predicted octanol–water partition coefficient (Wildman–Crippen LogP) is 2.58. The zero-order chi connectivity index (χ0) is 16.2. The summed E-state index contributed by atoms with van der Waals surface area (Å²) in [5.74, 6) is 0.134. The first-order chi connectivity index (χ1) is 11.2. The van der Waals surface area contributed by atoms with Gasteiger partial charge in [-0.2, -0.15) is 0 Å². The number of benzene rings is 1. The Morgan fingerprint density at radius 3 is 2.87 bits per heavy atom. The van der Waals surface area contributed by atoms with Crippen LogP contribution in [0.15, 0.2) is 53.2 Å². The standard InChI is InChI=1S/C16H14N4O3/c1-22-11-6-4-5-10(9-11)19-16(21)13-14(20-23-15(13)17)12-7-2-3-8-18-12/h2-9H,17H2,1H3,(H,19,21). The highest BCUT2D eigenvalue weighted by Gasteiger charge is 2.23. The number of ether oxygens (including phenoxy) is 1. The molecule has 3 rings (SSSR count). The monoisotopic (exact) mass is 310 g/mol. The molecule has 0 unspecified atom stereocenters. The van der Waals surface area contributed by atoms with Crippen LogP contribution in [0, 0.1) is 0 Å². The summed E-state index contributed by atoms with van der Waals surface area (Å²) in [6.07, 6.45) is 1.60. The van der Waals surface area contributed by atoms with Gasteiger partial charge < -0.3 is 20.3 Å². The van der Waals surface area contributed by atoms with E-state index < -0.39 is 5.91 Å². The SMILES string of the molecule is COc1cccc(NC(=O)c2c(-c3ccccn3)noc2N)c1. The molecule has 0 spiro atoms. The number of anilines is 2. The number of hydrogen-bond donors (Lipinski definition) is 2. The lowest BCUT2D eigenvalue weighted by atomic mass is 10.1. The van der Waals surface area contributed by atoms with Crippen LogP contribution in [0.25, 0.3) is 11.4 Å². The third-order valence-electron chi connectivity index (χ3n) is 3.18. The van der Waals surface area contributed by atoms with Crippen LogP contribution in [0.1, 0.15) is 10.4 Å². The Labute approximate surface area is 132 Å². The number of nitrogen functional groups attached to an aromatic ring is 1. The average Bonchev–Trinajstić information content (AvgIpc) is 2.97. The Balaban J connectivity index is 1.92. The molecular formula is C16H14N4O3. The summed E-state index contributed by atoms with van der Waals surface area (Å²) in [5.41, 5.74) is 7.26. The van der Waals surface area contributed by atoms with E-state index in [4.69, 9.17) is 15.0 Å². The largest absolute Gasteiger partial charge is 0.497 e. The fourth-order valence-electron chi connectivity index (χ4n) is 2.09. The van der Waals surface area contributed by atoms with E-state index in [1.807, 2.05) is 0 Å². The van der Waals surface area contributed by atoms with Gasteiger partial charge in [0.25, 0.3) is 5.91 Å². The average molecular weight is 310 g/mol. The first kappa shape index (κ1) is 14.6. The fraction of sp³-hybridized carbons (Fsp3) is 0.0625. The maximum Gasteiger partial charge on any atom is 0.263 e. The molecule has 2 aromatic heterocycles. The highest BCUT2D eigenvalue weighted by Crippen LogP contribution is 2.27. The van der Waals surface area contributed by atoms with Crippen LogP contribution in [0.3, 0.4) is 0 Å². The van der Waals surface area contributed by atoms with Gasteiger partial charge in [0.1, 0.15) is 17.0 Å². The second-order valence-electron chi connectivity index (χ2n) is 4.67. The molecule has 0 saturated heterocycles. The molecule has 0 fully saturated rings. The summed E-state index contributed by atoms with van der Waals surface area (Å²) in [6.45, 7) is 0. The molecule has 3 aromatic rings. The Bertz CT molecular complexity index is 830. The Kier molecular flexibility index (Phi) is 3.92. The van der Waals surface area contributed by atoms with E-state index >= 15 is 0 Å². The van der Waals surface area contributed by atoms with Crippen molar-refractivity contribution >= 4 is 17.5 Å². The molecule has 0 atom stereocenters. The number of nitrogens with one attached hydrogen (secondary N) is 1. The van der Waals surface area contributed by atoms with Crippen molar-refractivity contribution in [2.75, 3.05) is 18.2 Å². The normalized spacial score (nSPS) is 10.3. The van der Waals surface area contributed by atoms with E-state index in [9.17, 15) is 4.79 Å². The molecule has 0 saturated carbocycles. The molecule has 1 amide bonds. The van der Waals surface area contributed by atoms with Gasteiger partial charge in [-0.05, 0) is 24.3 Å². The summed E-state index contributed by atoms with van der Waals surface area (Å²) < 4.78 is 10.1. The lowest BCUT2D eigenvalue weighted by molar-refractivity contribution is 0.102. The van der Waals surface area contributed by atoms with Crippen LogP contribution >= 0.6 is 0 Å². The number of pyridine rings is 1. The Morgan fingerprint density at radius 2 is 2.13 bits per heavy atom. The van der Waals surface area contributed by atoms with Crippen LogP contribution in [-0.2, 0) is 0 Å². The maximum atomic E-state index is 12.5. The van der Waals surface area contributed by atoms with Gasteiger partial charge in [0.05, 0.1) is 12.8 Å². The van der Waals surface area contributed by atoms with Crippen molar-refractivity contribution in [3.05, 3.63) is 54.2 Å². The number of aromatic nitrogens is 2. The molecule has 7 heteroatoms. The number of methoxy groups -OCH3 is 1. The number of nitrogens with two attached hydrogens (primary N) is 1. The number of hydrogen-bond acceptors (Lipinski definition) is 6. The minimum absolute atomic E-state index is 0.0638. The zero-order valence-electron chi connectivity index (χ0n) is 12.3. The van der Waals surface area contributed by atoms with E-state index in [-0.39, 0.29) is 11.4 Å². The van der Waals surface area contributed by atoms with Crippen molar-refractivity contribution in [1.82, 2.24) is 10.1 Å². The molecular weight excluding hydrogens is 296 g/mol. The molecule has 0 radical (unpaired) electrons. The van der Waals surface area contributed by atoms with Gasteiger partial charge in [-0.1, -0.05) is 17.3 Å². The van der Waals surface area contributed by atoms with E-state index in [0.717, 1.165) is 0 Å². The summed E-state index contributed by atoms with van der Waals surface area (Å²) in [6, 6.07) is 12.3. The molecule has 0 bridgehead atoms. The van der Waals surface area contributed by atoms with Gasteiger partial charge in [-0.3, -0.25) is 9.78 Å². The van der Waals surface area contributed by atoms with Crippen molar-refractivity contribution in [3.8, 4) is 17.1 Å². The number of amides is 1. The summed E-state index contributed by atoms with van der Waals surface area (Å²) in [7, 11) is 1.55. The summed E-state index contributed by atoms with van der Waals surface area (Å²) in [4.78, 5) is 16.7. The smallest absolute Gasteiger partial charge is 0.263 e. The summed E-state index contributed by atoms with van der Waals surface area (Å²) in [5, 5.41) is 6.58. The van der Waals surface area contributed by atoms with Gasteiger partial charge in [0, 0.05) is 18.0 Å². The van der Waals surface area contributed by atoms with E-state index in [0.29, 0.717) is 22.8 Å². The molecule has 1 aromatic carbocycles. The Hall–Kier alpha value is -3.35. The van der Waals surface area contributed by atoms with Crippen LogP contribution < -0.4 is 15.8 Å². The molecule has 0 aliphatic heterocycles. The van der Waals surface area contributed by atoms with Crippen LogP contribution in [0.4, 0.5) is 11.6 Å². The van der Waals surface area contributed by atoms with Crippen molar-refractivity contribution in [2.45, 2.75) is 0 Å². The molecule has 0 aliphatic carbocycles. The van der Waals surface area contributed by atoms with Crippen molar-refractivity contribution in [1.29, 1.82) is 0 Å². The number of rotatable bonds is 4. The van der Waals surface area contributed by atoms with Gasteiger partial charge >= 0.3 is 0 Å². The lowest BCUT2D eigenvalue weighted by Gasteiger charge is -2.07. The first-order valence-corrected chi connectivity index (χ1v) is 6.81. The molecule has 7 nitrogen and oxygen atoms in total. The second-order valence-corrected chi connectivity index (χ2v) is 4.67.